The van der Waals surface area contributed by atoms with Crippen molar-refractivity contribution < 1.29 is 13.2 Å². The number of nitrogens with one attached hydrogen (secondary N) is 1. The summed E-state index contributed by atoms with van der Waals surface area (Å²) >= 11 is 0. The van der Waals surface area contributed by atoms with Crippen molar-refractivity contribution in [3.8, 4) is 0 Å². The Balaban J connectivity index is 1.48. The molecule has 1 aliphatic heterocycles. The van der Waals surface area contributed by atoms with Crippen LogP contribution in [0.5, 0.6) is 0 Å². The van der Waals surface area contributed by atoms with Crippen molar-refractivity contribution >= 4 is 22.1 Å². The van der Waals surface area contributed by atoms with E-state index >= 15 is 0 Å². The first-order valence-electron chi connectivity index (χ1n) is 11.1. The van der Waals surface area contributed by atoms with E-state index in [0.717, 1.165) is 37.7 Å². The molecular formula is C25H32N2O3S. The summed E-state index contributed by atoms with van der Waals surface area (Å²) in [6.45, 7) is 2.97. The van der Waals surface area contributed by atoms with Gasteiger partial charge in [-0.2, -0.15) is 0 Å². The highest BCUT2D eigenvalue weighted by Gasteiger charge is 2.26. The maximum absolute atomic E-state index is 12.7. The standard InChI is InChI=1S/C25H32N2O3S/c1-2-24(20-23-12-7-4-8-13-23)31(29,30)26-25(28)27-18-16-22(17-19-27)15-9-14-21-10-5-3-6-11-21/h3-8,10-13,20,22H,2,9,14-19H2,1H3,(H,26,28)/b24-20+. The second-order valence-corrected chi connectivity index (χ2v) is 9.83. The average Bonchev–Trinajstić information content (AvgIpc) is 2.79. The Morgan fingerprint density at radius 3 is 2.26 bits per heavy atom. The number of likely N-dealkylation sites (tertiary alicyclic amines) is 1. The van der Waals surface area contributed by atoms with Gasteiger partial charge in [-0.15, -0.1) is 0 Å². The molecule has 3 rings (SSSR count). The third-order valence-corrected chi connectivity index (χ3v) is 7.41. The van der Waals surface area contributed by atoms with Crippen molar-refractivity contribution in [2.24, 2.45) is 5.92 Å². The Kier molecular flexibility index (Phi) is 8.29. The van der Waals surface area contributed by atoms with Crippen molar-refractivity contribution in [1.82, 2.24) is 9.62 Å². The molecular weight excluding hydrogens is 408 g/mol. The molecule has 5 nitrogen and oxygen atoms in total. The van der Waals surface area contributed by atoms with Gasteiger partial charge in [-0.3, -0.25) is 0 Å². The average molecular weight is 441 g/mol. The molecule has 0 aliphatic carbocycles. The Morgan fingerprint density at radius 1 is 1.03 bits per heavy atom. The predicted molar refractivity (Wildman–Crippen MR) is 126 cm³/mol. The third-order valence-electron chi connectivity index (χ3n) is 5.86. The number of piperidine rings is 1. The molecule has 0 unspecified atom stereocenters. The van der Waals surface area contributed by atoms with E-state index in [4.69, 9.17) is 0 Å². The number of aryl methyl sites for hydroxylation is 1. The number of urea groups is 1. The number of rotatable bonds is 8. The van der Waals surface area contributed by atoms with Crippen LogP contribution in [0, 0.1) is 5.92 Å². The van der Waals surface area contributed by atoms with Gasteiger partial charge in [0.15, 0.2) is 0 Å². The number of benzene rings is 2. The van der Waals surface area contributed by atoms with Crippen LogP contribution in [0.3, 0.4) is 0 Å². The number of carbonyl (C=O) groups is 1. The summed E-state index contributed by atoms with van der Waals surface area (Å²) in [4.78, 5) is 14.4. The van der Waals surface area contributed by atoms with Gasteiger partial charge < -0.3 is 4.90 Å². The molecule has 1 heterocycles. The SMILES string of the molecule is CC/C(=C\c1ccccc1)S(=O)(=O)NC(=O)N1CCC(CCCc2ccccc2)CC1. The van der Waals surface area contributed by atoms with E-state index < -0.39 is 16.1 Å². The van der Waals surface area contributed by atoms with Gasteiger partial charge in [0, 0.05) is 13.1 Å². The van der Waals surface area contributed by atoms with Gasteiger partial charge in [0.25, 0.3) is 10.0 Å². The maximum Gasteiger partial charge on any atom is 0.331 e. The number of nitrogens with zero attached hydrogens (tertiary/aromatic N) is 1. The molecule has 1 aliphatic rings. The highest BCUT2D eigenvalue weighted by atomic mass is 32.2. The summed E-state index contributed by atoms with van der Waals surface area (Å²) in [5, 5.41) is 0. The Bertz CT molecular complexity index is 964. The molecule has 1 saturated heterocycles. The fraction of sp³-hybridized carbons (Fsp3) is 0.400. The van der Waals surface area contributed by atoms with Crippen LogP contribution in [0.1, 0.15) is 50.2 Å². The summed E-state index contributed by atoms with van der Waals surface area (Å²) in [5.41, 5.74) is 2.16. The van der Waals surface area contributed by atoms with Crippen LogP contribution >= 0.6 is 0 Å². The van der Waals surface area contributed by atoms with E-state index in [-0.39, 0.29) is 4.91 Å². The maximum atomic E-state index is 12.7. The van der Waals surface area contributed by atoms with E-state index in [0.29, 0.717) is 25.4 Å². The lowest BCUT2D eigenvalue weighted by molar-refractivity contribution is 0.172. The Labute approximate surface area is 186 Å². The summed E-state index contributed by atoms with van der Waals surface area (Å²) in [7, 11) is -3.86. The number of amides is 2. The van der Waals surface area contributed by atoms with Crippen LogP contribution in [-0.2, 0) is 16.4 Å². The van der Waals surface area contributed by atoms with Crippen molar-refractivity contribution in [2.45, 2.75) is 45.4 Å². The number of carbonyl (C=O) groups excluding carboxylic acids is 1. The first-order valence-corrected chi connectivity index (χ1v) is 12.6. The lowest BCUT2D eigenvalue weighted by Crippen LogP contribution is -2.46. The summed E-state index contributed by atoms with van der Waals surface area (Å²) in [6.07, 6.45) is 7.14. The van der Waals surface area contributed by atoms with E-state index in [1.54, 1.807) is 17.9 Å². The first-order chi connectivity index (χ1) is 15.0. The van der Waals surface area contributed by atoms with Gasteiger partial charge in [0.05, 0.1) is 4.91 Å². The van der Waals surface area contributed by atoms with Crippen molar-refractivity contribution in [3.63, 3.8) is 0 Å². The number of hydrogen-bond acceptors (Lipinski definition) is 3. The highest BCUT2D eigenvalue weighted by molar-refractivity contribution is 7.94. The van der Waals surface area contributed by atoms with Gasteiger partial charge in [-0.1, -0.05) is 67.6 Å². The molecule has 2 aromatic carbocycles. The second-order valence-electron chi connectivity index (χ2n) is 8.09. The minimum Gasteiger partial charge on any atom is -0.324 e. The highest BCUT2D eigenvalue weighted by Crippen LogP contribution is 2.23. The third kappa shape index (κ3) is 6.96. The zero-order valence-electron chi connectivity index (χ0n) is 18.2. The fourth-order valence-electron chi connectivity index (χ4n) is 4.01. The topological polar surface area (TPSA) is 66.5 Å². The normalized spacial score (nSPS) is 15.6. The van der Waals surface area contributed by atoms with E-state index in [9.17, 15) is 13.2 Å². The van der Waals surface area contributed by atoms with Crippen LogP contribution < -0.4 is 4.72 Å². The lowest BCUT2D eigenvalue weighted by atomic mass is 9.91. The number of sulfonamides is 1. The fourth-order valence-corrected chi connectivity index (χ4v) is 5.18. The molecule has 2 amide bonds. The number of hydrogen-bond donors (Lipinski definition) is 1. The smallest absolute Gasteiger partial charge is 0.324 e. The Hall–Kier alpha value is -2.60. The van der Waals surface area contributed by atoms with Gasteiger partial charge in [0.1, 0.15) is 0 Å². The van der Waals surface area contributed by atoms with Crippen LogP contribution in [0.15, 0.2) is 65.6 Å². The van der Waals surface area contributed by atoms with Crippen molar-refractivity contribution in [2.75, 3.05) is 13.1 Å². The summed E-state index contributed by atoms with van der Waals surface area (Å²) < 4.78 is 27.7. The van der Waals surface area contributed by atoms with Crippen molar-refractivity contribution in [3.05, 3.63) is 76.7 Å². The van der Waals surface area contributed by atoms with Crippen molar-refractivity contribution in [1.29, 1.82) is 0 Å². The molecule has 0 spiro atoms. The zero-order valence-corrected chi connectivity index (χ0v) is 19.0. The van der Waals surface area contributed by atoms with E-state index in [1.165, 1.54) is 5.56 Å². The molecule has 0 aromatic heterocycles. The molecule has 166 valence electrons. The molecule has 6 heteroatoms. The molecule has 0 saturated carbocycles. The van der Waals surface area contributed by atoms with Gasteiger partial charge >= 0.3 is 6.03 Å². The molecule has 0 atom stereocenters. The largest absolute Gasteiger partial charge is 0.331 e. The predicted octanol–water partition coefficient (Wildman–Crippen LogP) is 5.21. The Morgan fingerprint density at radius 2 is 1.65 bits per heavy atom. The van der Waals surface area contributed by atoms with Gasteiger partial charge in [-0.05, 0) is 61.6 Å². The lowest BCUT2D eigenvalue weighted by Gasteiger charge is -2.32. The van der Waals surface area contributed by atoms with E-state index in [2.05, 4.69) is 29.0 Å². The van der Waals surface area contributed by atoms with E-state index in [1.807, 2.05) is 36.4 Å². The van der Waals surface area contributed by atoms with Gasteiger partial charge in [-0.25, -0.2) is 17.9 Å². The summed E-state index contributed by atoms with van der Waals surface area (Å²) in [5.74, 6) is 0.591. The van der Waals surface area contributed by atoms with Crippen LogP contribution in [0.25, 0.3) is 6.08 Å². The molecule has 0 radical (unpaired) electrons. The quantitative estimate of drug-likeness (QED) is 0.613. The summed E-state index contributed by atoms with van der Waals surface area (Å²) in [6, 6.07) is 19.2. The minimum atomic E-state index is -3.86. The van der Waals surface area contributed by atoms with Crippen LogP contribution in [-0.4, -0.2) is 32.4 Å². The molecule has 31 heavy (non-hydrogen) atoms. The first kappa shape index (κ1) is 23.1. The molecule has 1 N–H and O–H groups in total. The minimum absolute atomic E-state index is 0.211. The monoisotopic (exact) mass is 440 g/mol. The molecule has 1 fully saturated rings. The van der Waals surface area contributed by atoms with Crippen LogP contribution in [0.2, 0.25) is 0 Å². The van der Waals surface area contributed by atoms with Gasteiger partial charge in [0.2, 0.25) is 0 Å². The molecule has 0 bridgehead atoms. The number of allylic oxidation sites excluding steroid dienone is 1. The zero-order chi connectivity index (χ0) is 22.1. The second kappa shape index (κ2) is 11.1. The van der Waals surface area contributed by atoms with Crippen LogP contribution in [0.4, 0.5) is 4.79 Å². The molecule has 2 aromatic rings.